The zero-order chi connectivity index (χ0) is 10.6. The van der Waals surface area contributed by atoms with Gasteiger partial charge in [0, 0.05) is 11.5 Å². The molecule has 0 amide bonds. The van der Waals surface area contributed by atoms with Crippen molar-refractivity contribution in [2.75, 3.05) is 25.2 Å². The van der Waals surface area contributed by atoms with Crippen LogP contribution in [0.4, 0.5) is 5.69 Å². The highest BCUT2D eigenvalue weighted by atomic mass is 79.9. The van der Waals surface area contributed by atoms with E-state index >= 15 is 0 Å². The van der Waals surface area contributed by atoms with Gasteiger partial charge < -0.3 is 15.1 Å². The molecule has 0 saturated carbocycles. The van der Waals surface area contributed by atoms with E-state index in [9.17, 15) is 0 Å². The number of para-hydroxylation sites is 1. The molecule has 4 heteroatoms. The maximum Gasteiger partial charge on any atom is 0.0748 e. The number of nitrogens with zero attached hydrogens (tertiary/aromatic N) is 1. The highest BCUT2D eigenvalue weighted by molar-refractivity contribution is 9.10. The second-order valence-corrected chi connectivity index (χ2v) is 3.94. The van der Waals surface area contributed by atoms with Crippen molar-refractivity contribution in [2.45, 2.75) is 6.04 Å². The van der Waals surface area contributed by atoms with E-state index in [1.165, 1.54) is 0 Å². The van der Waals surface area contributed by atoms with Crippen molar-refractivity contribution >= 4 is 21.6 Å². The van der Waals surface area contributed by atoms with Gasteiger partial charge >= 0.3 is 0 Å². The summed E-state index contributed by atoms with van der Waals surface area (Å²) in [6.45, 7) is -0.122. The Hall–Kier alpha value is -0.580. The maximum absolute atomic E-state index is 9.03. The van der Waals surface area contributed by atoms with Gasteiger partial charge in [-0.3, -0.25) is 0 Å². The quantitative estimate of drug-likeness (QED) is 0.856. The summed E-state index contributed by atoms with van der Waals surface area (Å²) in [6, 6.07) is 7.45. The van der Waals surface area contributed by atoms with Crippen LogP contribution in [0, 0.1) is 0 Å². The average molecular weight is 260 g/mol. The number of aliphatic hydroxyl groups excluding tert-OH is 2. The summed E-state index contributed by atoms with van der Waals surface area (Å²) in [7, 11) is 1.84. The largest absolute Gasteiger partial charge is 0.394 e. The first kappa shape index (κ1) is 11.5. The molecule has 0 aromatic heterocycles. The number of likely N-dealkylation sites (N-methyl/N-ethyl adjacent to an activating group) is 1. The van der Waals surface area contributed by atoms with Gasteiger partial charge in [-0.25, -0.2) is 0 Å². The summed E-state index contributed by atoms with van der Waals surface area (Å²) in [5.74, 6) is 0. The first-order valence-corrected chi connectivity index (χ1v) is 5.19. The Balaban J connectivity index is 2.88. The van der Waals surface area contributed by atoms with Gasteiger partial charge in [-0.15, -0.1) is 0 Å². The Morgan fingerprint density at radius 2 is 1.86 bits per heavy atom. The fourth-order valence-corrected chi connectivity index (χ4v) is 1.80. The number of hydrogen-bond acceptors (Lipinski definition) is 3. The molecule has 14 heavy (non-hydrogen) atoms. The molecule has 0 radical (unpaired) electrons. The first-order chi connectivity index (χ1) is 6.70. The standard InChI is InChI=1S/C10H14BrNO2/c1-12(8(6-13)7-14)10-5-3-2-4-9(10)11/h2-5,8,13-14H,6-7H2,1H3. The minimum absolute atomic E-state index is 0.0612. The second kappa shape index (κ2) is 5.34. The monoisotopic (exact) mass is 259 g/mol. The molecular formula is C10H14BrNO2. The molecule has 0 spiro atoms. The highest BCUT2D eigenvalue weighted by Gasteiger charge is 2.14. The lowest BCUT2D eigenvalue weighted by Crippen LogP contribution is -2.37. The van der Waals surface area contributed by atoms with Crippen LogP contribution in [0.5, 0.6) is 0 Å². The van der Waals surface area contributed by atoms with Crippen molar-refractivity contribution < 1.29 is 10.2 Å². The van der Waals surface area contributed by atoms with Crippen molar-refractivity contribution in [3.05, 3.63) is 28.7 Å². The van der Waals surface area contributed by atoms with Gasteiger partial charge in [-0.1, -0.05) is 12.1 Å². The third-order valence-corrected chi connectivity index (χ3v) is 2.87. The van der Waals surface area contributed by atoms with Gasteiger partial charge in [0.15, 0.2) is 0 Å². The van der Waals surface area contributed by atoms with E-state index in [4.69, 9.17) is 10.2 Å². The Kier molecular flexibility index (Phi) is 4.38. The molecule has 78 valence electrons. The lowest BCUT2D eigenvalue weighted by Gasteiger charge is -2.27. The van der Waals surface area contributed by atoms with Crippen LogP contribution < -0.4 is 4.90 Å². The van der Waals surface area contributed by atoms with Crippen molar-refractivity contribution in [3.63, 3.8) is 0 Å². The van der Waals surface area contributed by atoms with Crippen molar-refractivity contribution in [1.82, 2.24) is 0 Å². The van der Waals surface area contributed by atoms with Crippen LogP contribution in [0.2, 0.25) is 0 Å². The number of rotatable bonds is 4. The first-order valence-electron chi connectivity index (χ1n) is 4.39. The lowest BCUT2D eigenvalue weighted by molar-refractivity contribution is 0.190. The Bertz CT molecular complexity index is 289. The zero-order valence-electron chi connectivity index (χ0n) is 8.02. The topological polar surface area (TPSA) is 43.7 Å². The molecule has 1 aromatic carbocycles. The SMILES string of the molecule is CN(c1ccccc1Br)C(CO)CO. The van der Waals surface area contributed by atoms with Gasteiger partial charge in [-0.2, -0.15) is 0 Å². The normalized spacial score (nSPS) is 10.6. The average Bonchev–Trinajstić information content (AvgIpc) is 2.20. The van der Waals surface area contributed by atoms with E-state index in [1.54, 1.807) is 0 Å². The smallest absolute Gasteiger partial charge is 0.0748 e. The van der Waals surface area contributed by atoms with E-state index < -0.39 is 0 Å². The number of anilines is 1. The van der Waals surface area contributed by atoms with Crippen LogP contribution in [-0.4, -0.2) is 36.5 Å². The lowest BCUT2D eigenvalue weighted by atomic mass is 10.2. The predicted octanol–water partition coefficient (Wildman–Crippen LogP) is 1.24. The Morgan fingerprint density at radius 3 is 2.36 bits per heavy atom. The predicted molar refractivity (Wildman–Crippen MR) is 60.5 cm³/mol. The van der Waals surface area contributed by atoms with Crippen LogP contribution in [0.15, 0.2) is 28.7 Å². The highest BCUT2D eigenvalue weighted by Crippen LogP contribution is 2.25. The van der Waals surface area contributed by atoms with Gasteiger partial charge in [0.2, 0.25) is 0 Å². The molecular weight excluding hydrogens is 246 g/mol. The third kappa shape index (κ3) is 2.47. The number of aliphatic hydroxyl groups is 2. The van der Waals surface area contributed by atoms with E-state index in [-0.39, 0.29) is 19.3 Å². The van der Waals surface area contributed by atoms with E-state index in [2.05, 4.69) is 15.9 Å². The van der Waals surface area contributed by atoms with Crippen LogP contribution in [0.3, 0.4) is 0 Å². The Morgan fingerprint density at radius 1 is 1.29 bits per heavy atom. The molecule has 2 N–H and O–H groups in total. The number of halogens is 1. The van der Waals surface area contributed by atoms with Gasteiger partial charge in [-0.05, 0) is 28.1 Å². The third-order valence-electron chi connectivity index (χ3n) is 2.20. The fourth-order valence-electron chi connectivity index (χ4n) is 1.24. The van der Waals surface area contributed by atoms with Gasteiger partial charge in [0.25, 0.3) is 0 Å². The van der Waals surface area contributed by atoms with Crippen LogP contribution in [0.25, 0.3) is 0 Å². The zero-order valence-corrected chi connectivity index (χ0v) is 9.61. The second-order valence-electron chi connectivity index (χ2n) is 3.08. The molecule has 0 bridgehead atoms. The number of benzene rings is 1. The molecule has 0 aliphatic rings. The van der Waals surface area contributed by atoms with Crippen molar-refractivity contribution in [3.8, 4) is 0 Å². The summed E-state index contributed by atoms with van der Waals surface area (Å²) < 4.78 is 0.953. The van der Waals surface area contributed by atoms with Crippen LogP contribution in [0.1, 0.15) is 0 Å². The maximum atomic E-state index is 9.03. The summed E-state index contributed by atoms with van der Waals surface area (Å²) in [6.07, 6.45) is 0. The van der Waals surface area contributed by atoms with E-state index in [0.29, 0.717) is 0 Å². The summed E-state index contributed by atoms with van der Waals surface area (Å²) in [5.41, 5.74) is 0.959. The molecule has 0 fully saturated rings. The molecule has 0 saturated heterocycles. The molecule has 1 aromatic rings. The minimum Gasteiger partial charge on any atom is -0.394 e. The van der Waals surface area contributed by atoms with E-state index in [1.807, 2.05) is 36.2 Å². The summed E-state index contributed by atoms with van der Waals surface area (Å²) in [5, 5.41) is 18.1. The molecule has 0 aliphatic heterocycles. The Labute approximate surface area is 92.1 Å². The summed E-state index contributed by atoms with van der Waals surface area (Å²) in [4.78, 5) is 1.85. The molecule has 0 aliphatic carbocycles. The molecule has 0 atom stereocenters. The number of hydrogen-bond donors (Lipinski definition) is 2. The molecule has 0 heterocycles. The minimum atomic E-state index is -0.256. The fraction of sp³-hybridized carbons (Fsp3) is 0.400. The molecule has 3 nitrogen and oxygen atoms in total. The van der Waals surface area contributed by atoms with Crippen molar-refractivity contribution in [1.29, 1.82) is 0 Å². The van der Waals surface area contributed by atoms with Crippen LogP contribution >= 0.6 is 15.9 Å². The van der Waals surface area contributed by atoms with E-state index in [0.717, 1.165) is 10.2 Å². The van der Waals surface area contributed by atoms with Gasteiger partial charge in [0.1, 0.15) is 0 Å². The van der Waals surface area contributed by atoms with Crippen molar-refractivity contribution in [2.24, 2.45) is 0 Å². The summed E-state index contributed by atoms with van der Waals surface area (Å²) >= 11 is 3.42. The van der Waals surface area contributed by atoms with Crippen LogP contribution in [-0.2, 0) is 0 Å². The molecule has 0 unspecified atom stereocenters. The molecule has 1 rings (SSSR count). The van der Waals surface area contributed by atoms with Gasteiger partial charge in [0.05, 0.1) is 24.9 Å².